The highest BCUT2D eigenvalue weighted by molar-refractivity contribution is 6.30. The fourth-order valence-corrected chi connectivity index (χ4v) is 3.39. The van der Waals surface area contributed by atoms with Crippen molar-refractivity contribution in [2.24, 2.45) is 0 Å². The average molecular weight is 481 g/mol. The quantitative estimate of drug-likeness (QED) is 0.274. The lowest BCUT2D eigenvalue weighted by molar-refractivity contribution is -0.142. The van der Waals surface area contributed by atoms with Crippen LogP contribution < -0.4 is 0 Å². The Labute approximate surface area is 188 Å². The molecule has 0 fully saturated rings. The fraction of sp³-hybridized carbons (Fsp3) is 0.143. The standard InChI is InChI=1S/C21H13ClF4N4O3/c1-2-32-20(31)16-17(13-6-7-27-10-15(13)23)29-33-18(16)14-9-28-30(19(14)21(24,25)26)12-5-3-4-11(22)8-12/h3-10H,2H2,1H3. The van der Waals surface area contributed by atoms with Gasteiger partial charge < -0.3 is 9.26 Å². The summed E-state index contributed by atoms with van der Waals surface area (Å²) >= 11 is 5.92. The van der Waals surface area contributed by atoms with E-state index in [0.717, 1.165) is 12.4 Å². The molecule has 0 unspecified atom stereocenters. The maximum Gasteiger partial charge on any atom is 0.434 e. The summed E-state index contributed by atoms with van der Waals surface area (Å²) < 4.78 is 67.5. The molecule has 170 valence electrons. The van der Waals surface area contributed by atoms with Gasteiger partial charge in [-0.3, -0.25) is 4.98 Å². The highest BCUT2D eigenvalue weighted by Gasteiger charge is 2.42. The van der Waals surface area contributed by atoms with E-state index < -0.39 is 40.5 Å². The van der Waals surface area contributed by atoms with Gasteiger partial charge in [-0.15, -0.1) is 0 Å². The normalized spacial score (nSPS) is 11.6. The van der Waals surface area contributed by atoms with Gasteiger partial charge >= 0.3 is 12.1 Å². The molecule has 3 heterocycles. The van der Waals surface area contributed by atoms with Crippen molar-refractivity contribution in [1.29, 1.82) is 0 Å². The molecule has 12 heteroatoms. The molecule has 0 N–H and O–H groups in total. The van der Waals surface area contributed by atoms with Crippen LogP contribution in [-0.2, 0) is 10.9 Å². The molecule has 0 radical (unpaired) electrons. The van der Waals surface area contributed by atoms with Crippen LogP contribution in [0.25, 0.3) is 28.3 Å². The number of alkyl halides is 3. The van der Waals surface area contributed by atoms with Gasteiger partial charge in [-0.2, -0.15) is 18.3 Å². The van der Waals surface area contributed by atoms with Crippen LogP contribution in [0.2, 0.25) is 5.02 Å². The van der Waals surface area contributed by atoms with E-state index in [1.54, 1.807) is 0 Å². The van der Waals surface area contributed by atoms with E-state index in [4.69, 9.17) is 20.9 Å². The number of hydrogen-bond acceptors (Lipinski definition) is 6. The number of carbonyl (C=O) groups excluding carboxylic acids is 1. The van der Waals surface area contributed by atoms with Crippen LogP contribution in [0.5, 0.6) is 0 Å². The minimum absolute atomic E-state index is 0.0266. The minimum Gasteiger partial charge on any atom is -0.462 e. The second-order valence-electron chi connectivity index (χ2n) is 6.61. The van der Waals surface area contributed by atoms with Gasteiger partial charge in [-0.1, -0.05) is 22.8 Å². The monoisotopic (exact) mass is 480 g/mol. The van der Waals surface area contributed by atoms with Gasteiger partial charge in [-0.25, -0.2) is 13.9 Å². The first-order valence-electron chi connectivity index (χ1n) is 9.40. The third-order valence-corrected chi connectivity index (χ3v) is 4.77. The number of esters is 1. The van der Waals surface area contributed by atoms with E-state index >= 15 is 0 Å². The smallest absolute Gasteiger partial charge is 0.434 e. The Kier molecular flexibility index (Phi) is 5.90. The van der Waals surface area contributed by atoms with Crippen molar-refractivity contribution in [3.63, 3.8) is 0 Å². The third kappa shape index (κ3) is 4.19. The molecular weight excluding hydrogens is 468 g/mol. The van der Waals surface area contributed by atoms with Crippen molar-refractivity contribution in [3.8, 4) is 28.3 Å². The van der Waals surface area contributed by atoms with Crippen LogP contribution in [-0.4, -0.2) is 32.5 Å². The lowest BCUT2D eigenvalue weighted by Gasteiger charge is -2.12. The van der Waals surface area contributed by atoms with Gasteiger partial charge in [0.2, 0.25) is 0 Å². The summed E-state index contributed by atoms with van der Waals surface area (Å²) in [5.74, 6) is -2.46. The second kappa shape index (κ2) is 8.66. The van der Waals surface area contributed by atoms with Crippen molar-refractivity contribution in [2.75, 3.05) is 6.61 Å². The molecule has 0 amide bonds. The summed E-state index contributed by atoms with van der Waals surface area (Å²) in [5, 5.41) is 7.70. The third-order valence-electron chi connectivity index (χ3n) is 4.53. The molecule has 4 rings (SSSR count). The molecule has 0 saturated carbocycles. The highest BCUT2D eigenvalue weighted by Crippen LogP contribution is 2.42. The highest BCUT2D eigenvalue weighted by atomic mass is 35.5. The van der Waals surface area contributed by atoms with Gasteiger partial charge in [0.15, 0.2) is 17.3 Å². The molecule has 0 bridgehead atoms. The van der Waals surface area contributed by atoms with Gasteiger partial charge in [0.1, 0.15) is 11.3 Å². The number of ether oxygens (including phenoxy) is 1. The Morgan fingerprint density at radius 1 is 1.21 bits per heavy atom. The van der Waals surface area contributed by atoms with Crippen LogP contribution in [0.4, 0.5) is 17.6 Å². The molecule has 0 atom stereocenters. The number of aromatic nitrogens is 4. The number of rotatable bonds is 5. The lowest BCUT2D eigenvalue weighted by atomic mass is 10.0. The Balaban J connectivity index is 1.98. The minimum atomic E-state index is -4.92. The molecule has 0 aliphatic carbocycles. The maximum atomic E-state index is 14.3. The van der Waals surface area contributed by atoms with E-state index in [1.807, 2.05) is 0 Å². The molecule has 33 heavy (non-hydrogen) atoms. The number of halogens is 5. The summed E-state index contributed by atoms with van der Waals surface area (Å²) in [4.78, 5) is 16.3. The first-order valence-corrected chi connectivity index (χ1v) is 9.78. The molecular formula is C21H13ClF4N4O3. The summed E-state index contributed by atoms with van der Waals surface area (Å²) in [6.45, 7) is 1.42. The van der Waals surface area contributed by atoms with E-state index in [9.17, 15) is 22.4 Å². The number of benzene rings is 1. The SMILES string of the molecule is CCOC(=O)c1c(-c2ccncc2F)noc1-c1cnn(-c2cccc(Cl)c2)c1C(F)(F)F. The zero-order valence-corrected chi connectivity index (χ0v) is 17.5. The second-order valence-corrected chi connectivity index (χ2v) is 7.04. The van der Waals surface area contributed by atoms with Crippen LogP contribution >= 0.6 is 11.6 Å². The average Bonchev–Trinajstić information content (AvgIpc) is 3.38. The van der Waals surface area contributed by atoms with Crippen molar-refractivity contribution in [1.82, 2.24) is 19.9 Å². The van der Waals surface area contributed by atoms with Crippen molar-refractivity contribution >= 4 is 17.6 Å². The summed E-state index contributed by atoms with van der Waals surface area (Å²) in [5.41, 5.74) is -2.80. The molecule has 1 aromatic carbocycles. The van der Waals surface area contributed by atoms with Gasteiger partial charge in [0.05, 0.1) is 30.3 Å². The van der Waals surface area contributed by atoms with Gasteiger partial charge in [-0.05, 0) is 31.2 Å². The number of hydrogen-bond donors (Lipinski definition) is 0. The van der Waals surface area contributed by atoms with Crippen molar-refractivity contribution < 1.29 is 31.6 Å². The molecule has 3 aromatic heterocycles. The molecule has 7 nitrogen and oxygen atoms in total. The van der Waals surface area contributed by atoms with Gasteiger partial charge in [0, 0.05) is 16.8 Å². The Hall–Kier alpha value is -3.73. The van der Waals surface area contributed by atoms with Crippen LogP contribution in [0.3, 0.4) is 0 Å². The predicted molar refractivity (Wildman–Crippen MR) is 108 cm³/mol. The Bertz CT molecular complexity index is 1330. The summed E-state index contributed by atoms with van der Waals surface area (Å²) in [6, 6.07) is 6.83. The first-order chi connectivity index (χ1) is 15.7. The van der Waals surface area contributed by atoms with E-state index in [2.05, 4.69) is 15.2 Å². The van der Waals surface area contributed by atoms with Crippen LogP contribution in [0.1, 0.15) is 23.0 Å². The Morgan fingerprint density at radius 2 is 2.00 bits per heavy atom. The summed E-state index contributed by atoms with van der Waals surface area (Å²) in [6.07, 6.45) is -1.94. The van der Waals surface area contributed by atoms with Crippen molar-refractivity contribution in [2.45, 2.75) is 13.1 Å². The van der Waals surface area contributed by atoms with E-state index in [1.165, 1.54) is 43.5 Å². The van der Waals surface area contributed by atoms with E-state index in [-0.39, 0.29) is 28.6 Å². The molecule has 0 aliphatic rings. The van der Waals surface area contributed by atoms with Crippen molar-refractivity contribution in [3.05, 3.63) is 71.0 Å². The fourth-order valence-electron chi connectivity index (χ4n) is 3.21. The van der Waals surface area contributed by atoms with Crippen LogP contribution in [0.15, 0.2) is 53.4 Å². The molecule has 4 aromatic rings. The first kappa shape index (κ1) is 22.5. The van der Waals surface area contributed by atoms with Gasteiger partial charge in [0.25, 0.3) is 0 Å². The number of carbonyl (C=O) groups is 1. The maximum absolute atomic E-state index is 14.3. The zero-order chi connectivity index (χ0) is 23.8. The molecule has 0 aliphatic heterocycles. The number of pyridine rings is 1. The molecule has 0 spiro atoms. The van der Waals surface area contributed by atoms with E-state index in [0.29, 0.717) is 4.68 Å². The zero-order valence-electron chi connectivity index (χ0n) is 16.7. The predicted octanol–water partition coefficient (Wildman–Crippen LogP) is 5.58. The largest absolute Gasteiger partial charge is 0.462 e. The number of nitrogens with zero attached hydrogens (tertiary/aromatic N) is 4. The topological polar surface area (TPSA) is 83.0 Å². The van der Waals surface area contributed by atoms with Crippen LogP contribution in [0, 0.1) is 5.82 Å². The Morgan fingerprint density at radius 3 is 2.67 bits per heavy atom. The summed E-state index contributed by atoms with van der Waals surface area (Å²) in [7, 11) is 0. The molecule has 0 saturated heterocycles. The lowest BCUT2D eigenvalue weighted by Crippen LogP contribution is -2.15.